The van der Waals surface area contributed by atoms with Gasteiger partial charge in [0.15, 0.2) is 0 Å². The first kappa shape index (κ1) is 14.6. The average molecular weight is 302 g/mol. The molecule has 1 fully saturated rings. The van der Waals surface area contributed by atoms with Gasteiger partial charge in [0.25, 0.3) is 0 Å². The lowest BCUT2D eigenvalue weighted by molar-refractivity contribution is -0.136. The maximum absolute atomic E-state index is 12.1. The maximum Gasteiger partial charge on any atom is 0.303 e. The fourth-order valence-corrected chi connectivity index (χ4v) is 2.70. The predicted octanol–water partition coefficient (Wildman–Crippen LogP) is 1.98. The van der Waals surface area contributed by atoms with E-state index in [1.54, 1.807) is 6.20 Å². The summed E-state index contributed by atoms with van der Waals surface area (Å²) in [4.78, 5) is 24.9. The molecule has 0 aliphatic carbocycles. The number of fused-ring (bicyclic) bond motifs is 1. The van der Waals surface area contributed by atoms with E-state index in [2.05, 4.69) is 11.0 Å². The van der Waals surface area contributed by atoms with Gasteiger partial charge in [0.05, 0.1) is 25.2 Å². The van der Waals surface area contributed by atoms with E-state index < -0.39 is 5.97 Å². The van der Waals surface area contributed by atoms with Crippen LogP contribution in [0.3, 0.4) is 0 Å². The SMILES string of the molecule is O=C(O)CCC(=O)n1ccc2cc(N3CCOCC3)ccc21. The zero-order chi connectivity index (χ0) is 15.5. The number of rotatable bonds is 4. The van der Waals surface area contributed by atoms with Crippen LogP contribution in [0.5, 0.6) is 0 Å². The van der Waals surface area contributed by atoms with E-state index in [0.29, 0.717) is 0 Å². The van der Waals surface area contributed by atoms with Crippen LogP contribution in [0.25, 0.3) is 10.9 Å². The standard InChI is InChI=1S/C16H18N2O4/c19-15(3-4-16(20)21)18-6-5-12-11-13(1-2-14(12)18)17-7-9-22-10-8-17/h1-2,5-6,11H,3-4,7-10H2,(H,20,21). The molecule has 0 amide bonds. The van der Waals surface area contributed by atoms with Crippen LogP contribution in [0, 0.1) is 0 Å². The van der Waals surface area contributed by atoms with Crippen LogP contribution in [-0.2, 0) is 9.53 Å². The molecule has 2 aromatic rings. The number of hydrogen-bond acceptors (Lipinski definition) is 4. The minimum atomic E-state index is -0.959. The molecule has 2 heterocycles. The lowest BCUT2D eigenvalue weighted by Crippen LogP contribution is -2.36. The molecule has 0 atom stereocenters. The summed E-state index contributed by atoms with van der Waals surface area (Å²) in [6.07, 6.45) is 1.56. The maximum atomic E-state index is 12.1. The molecule has 1 aliphatic rings. The van der Waals surface area contributed by atoms with Gasteiger partial charge in [-0.25, -0.2) is 0 Å². The van der Waals surface area contributed by atoms with E-state index >= 15 is 0 Å². The largest absolute Gasteiger partial charge is 0.481 e. The third-order valence-corrected chi connectivity index (χ3v) is 3.87. The first-order valence-electron chi connectivity index (χ1n) is 7.34. The molecule has 0 radical (unpaired) electrons. The highest BCUT2D eigenvalue weighted by Crippen LogP contribution is 2.24. The summed E-state index contributed by atoms with van der Waals surface area (Å²) < 4.78 is 6.88. The molecule has 0 saturated carbocycles. The second-order valence-electron chi connectivity index (χ2n) is 5.32. The summed E-state index contributed by atoms with van der Waals surface area (Å²) in [5.41, 5.74) is 1.93. The Bertz CT molecular complexity index is 701. The number of carboxylic acids is 1. The number of aromatic nitrogens is 1. The number of hydrogen-bond donors (Lipinski definition) is 1. The number of nitrogens with zero attached hydrogens (tertiary/aromatic N) is 2. The molecule has 0 spiro atoms. The quantitative estimate of drug-likeness (QED) is 0.935. The van der Waals surface area contributed by atoms with Crippen LogP contribution in [0.2, 0.25) is 0 Å². The van der Waals surface area contributed by atoms with Crippen molar-refractivity contribution < 1.29 is 19.4 Å². The molecule has 3 rings (SSSR count). The summed E-state index contributed by atoms with van der Waals surface area (Å²) in [5.74, 6) is -1.16. The van der Waals surface area contributed by atoms with E-state index in [4.69, 9.17) is 9.84 Å². The van der Waals surface area contributed by atoms with Gasteiger partial charge in [0.1, 0.15) is 0 Å². The van der Waals surface area contributed by atoms with Crippen molar-refractivity contribution >= 4 is 28.5 Å². The molecule has 0 unspecified atom stereocenters. The molecular weight excluding hydrogens is 284 g/mol. The highest BCUT2D eigenvalue weighted by molar-refractivity contribution is 5.94. The Hall–Kier alpha value is -2.34. The van der Waals surface area contributed by atoms with Crippen LogP contribution in [-0.4, -0.2) is 47.9 Å². The van der Waals surface area contributed by atoms with Gasteiger partial charge >= 0.3 is 5.97 Å². The van der Waals surface area contributed by atoms with Gasteiger partial charge in [-0.3, -0.25) is 14.2 Å². The summed E-state index contributed by atoms with van der Waals surface area (Å²) in [6, 6.07) is 7.85. The predicted molar refractivity (Wildman–Crippen MR) is 82.5 cm³/mol. The van der Waals surface area contributed by atoms with Gasteiger partial charge < -0.3 is 14.7 Å². The number of carboxylic acid groups (broad SMARTS) is 1. The van der Waals surface area contributed by atoms with Crippen molar-refractivity contribution in [3.05, 3.63) is 30.5 Å². The monoisotopic (exact) mass is 302 g/mol. The van der Waals surface area contributed by atoms with Crippen molar-refractivity contribution in [1.82, 2.24) is 4.57 Å². The number of benzene rings is 1. The van der Waals surface area contributed by atoms with Crippen molar-refractivity contribution in [3.8, 4) is 0 Å². The van der Waals surface area contributed by atoms with Crippen molar-refractivity contribution in [1.29, 1.82) is 0 Å². The Kier molecular flexibility index (Phi) is 4.11. The normalized spacial score (nSPS) is 15.2. The Balaban J connectivity index is 1.82. The van der Waals surface area contributed by atoms with Crippen LogP contribution in [0.1, 0.15) is 17.6 Å². The van der Waals surface area contributed by atoms with E-state index in [0.717, 1.165) is 42.9 Å². The summed E-state index contributed by atoms with van der Waals surface area (Å²) >= 11 is 0. The van der Waals surface area contributed by atoms with Gasteiger partial charge in [-0.2, -0.15) is 0 Å². The molecule has 1 aromatic carbocycles. The molecule has 6 nitrogen and oxygen atoms in total. The molecule has 1 saturated heterocycles. The number of aliphatic carboxylic acids is 1. The van der Waals surface area contributed by atoms with Crippen LogP contribution in [0.15, 0.2) is 30.5 Å². The summed E-state index contributed by atoms with van der Waals surface area (Å²) in [5, 5.41) is 9.66. The fourth-order valence-electron chi connectivity index (χ4n) is 2.70. The molecule has 6 heteroatoms. The Morgan fingerprint density at radius 3 is 2.64 bits per heavy atom. The number of ether oxygens (including phenoxy) is 1. The topological polar surface area (TPSA) is 71.8 Å². The second kappa shape index (κ2) is 6.19. The number of carbonyl (C=O) groups excluding carboxylic acids is 1. The van der Waals surface area contributed by atoms with Gasteiger partial charge in [0.2, 0.25) is 5.91 Å². The lowest BCUT2D eigenvalue weighted by Gasteiger charge is -2.28. The minimum absolute atomic E-state index is 0.00429. The highest BCUT2D eigenvalue weighted by Gasteiger charge is 2.14. The molecule has 1 N–H and O–H groups in total. The van der Waals surface area contributed by atoms with E-state index in [-0.39, 0.29) is 18.7 Å². The highest BCUT2D eigenvalue weighted by atomic mass is 16.5. The summed E-state index contributed by atoms with van der Waals surface area (Å²) in [7, 11) is 0. The molecular formula is C16H18N2O4. The van der Waals surface area contributed by atoms with E-state index in [1.165, 1.54) is 4.57 Å². The first-order valence-corrected chi connectivity index (χ1v) is 7.34. The third-order valence-electron chi connectivity index (χ3n) is 3.87. The zero-order valence-electron chi connectivity index (χ0n) is 12.2. The van der Waals surface area contributed by atoms with Gasteiger partial charge in [-0.1, -0.05) is 0 Å². The van der Waals surface area contributed by atoms with Crippen molar-refractivity contribution in [3.63, 3.8) is 0 Å². The van der Waals surface area contributed by atoms with Crippen LogP contribution < -0.4 is 4.90 Å². The average Bonchev–Trinajstić information content (AvgIpc) is 2.96. The molecule has 22 heavy (non-hydrogen) atoms. The number of anilines is 1. The Morgan fingerprint density at radius 2 is 1.91 bits per heavy atom. The molecule has 1 aromatic heterocycles. The van der Waals surface area contributed by atoms with Crippen molar-refractivity contribution in [2.45, 2.75) is 12.8 Å². The number of carbonyl (C=O) groups is 2. The minimum Gasteiger partial charge on any atom is -0.481 e. The molecule has 116 valence electrons. The first-order chi connectivity index (χ1) is 10.6. The van der Waals surface area contributed by atoms with E-state index in [9.17, 15) is 9.59 Å². The van der Waals surface area contributed by atoms with Crippen LogP contribution >= 0.6 is 0 Å². The Labute approximate surface area is 127 Å². The van der Waals surface area contributed by atoms with Crippen molar-refractivity contribution in [2.75, 3.05) is 31.2 Å². The zero-order valence-corrected chi connectivity index (χ0v) is 12.2. The second-order valence-corrected chi connectivity index (χ2v) is 5.32. The summed E-state index contributed by atoms with van der Waals surface area (Å²) in [6.45, 7) is 3.19. The lowest BCUT2D eigenvalue weighted by atomic mass is 10.2. The molecule has 1 aliphatic heterocycles. The smallest absolute Gasteiger partial charge is 0.303 e. The Morgan fingerprint density at radius 1 is 1.14 bits per heavy atom. The third kappa shape index (κ3) is 2.96. The van der Waals surface area contributed by atoms with Crippen molar-refractivity contribution in [2.24, 2.45) is 0 Å². The van der Waals surface area contributed by atoms with Gasteiger partial charge in [-0.15, -0.1) is 0 Å². The number of morpholine rings is 1. The van der Waals surface area contributed by atoms with E-state index in [1.807, 2.05) is 18.2 Å². The van der Waals surface area contributed by atoms with Crippen LogP contribution in [0.4, 0.5) is 5.69 Å². The van der Waals surface area contributed by atoms with Gasteiger partial charge in [0, 0.05) is 36.8 Å². The van der Waals surface area contributed by atoms with Gasteiger partial charge in [-0.05, 0) is 24.3 Å². The fraction of sp³-hybridized carbons (Fsp3) is 0.375. The molecule has 0 bridgehead atoms.